The smallest absolute Gasteiger partial charge is 0.354 e. The number of hydrogen-bond donors (Lipinski definition) is 2. The van der Waals surface area contributed by atoms with Gasteiger partial charge in [-0.05, 0) is 30.9 Å². The predicted octanol–water partition coefficient (Wildman–Crippen LogP) is 1.99. The van der Waals surface area contributed by atoms with Gasteiger partial charge in [0.2, 0.25) is 0 Å². The molecule has 1 aliphatic carbocycles. The van der Waals surface area contributed by atoms with Crippen molar-refractivity contribution < 1.29 is 9.90 Å². The monoisotopic (exact) mass is 249 g/mol. The molecule has 1 aromatic rings. The molecule has 5 heteroatoms. The second-order valence-corrected chi connectivity index (χ2v) is 5.19. The Balaban J connectivity index is 2.33. The molecule has 1 heterocycles. The molecular formula is C13H19N3O2. The quantitative estimate of drug-likeness (QED) is 0.834. The third kappa shape index (κ3) is 2.72. The van der Waals surface area contributed by atoms with Gasteiger partial charge in [0.1, 0.15) is 0 Å². The maximum atomic E-state index is 11.0. The first kappa shape index (κ1) is 12.7. The number of carboxylic acids is 1. The Bertz CT molecular complexity index is 456. The summed E-state index contributed by atoms with van der Waals surface area (Å²) in [5.74, 6) is 0.0860. The summed E-state index contributed by atoms with van der Waals surface area (Å²) in [5, 5.41) is 9.00. The highest BCUT2D eigenvalue weighted by Gasteiger charge is 2.31. The predicted molar refractivity (Wildman–Crippen MR) is 70.8 cm³/mol. The summed E-state index contributed by atoms with van der Waals surface area (Å²) in [6.07, 6.45) is 2.26. The highest BCUT2D eigenvalue weighted by atomic mass is 16.4. The van der Waals surface area contributed by atoms with Gasteiger partial charge in [0.15, 0.2) is 11.5 Å². The van der Waals surface area contributed by atoms with Crippen molar-refractivity contribution >= 4 is 17.5 Å². The van der Waals surface area contributed by atoms with Crippen LogP contribution in [0, 0.1) is 5.92 Å². The van der Waals surface area contributed by atoms with Gasteiger partial charge in [0.25, 0.3) is 0 Å². The molecule has 98 valence electrons. The zero-order chi connectivity index (χ0) is 13.3. The number of aromatic nitrogens is 1. The van der Waals surface area contributed by atoms with E-state index in [9.17, 15) is 4.79 Å². The van der Waals surface area contributed by atoms with Gasteiger partial charge in [-0.2, -0.15) is 0 Å². The molecule has 0 spiro atoms. The zero-order valence-electron chi connectivity index (χ0n) is 10.8. The average molecular weight is 249 g/mol. The first-order chi connectivity index (χ1) is 8.49. The molecule has 0 atom stereocenters. The van der Waals surface area contributed by atoms with Crippen LogP contribution >= 0.6 is 0 Å². The van der Waals surface area contributed by atoms with E-state index in [1.165, 1.54) is 6.07 Å². The van der Waals surface area contributed by atoms with Gasteiger partial charge in [-0.1, -0.05) is 13.8 Å². The maximum Gasteiger partial charge on any atom is 0.354 e. The van der Waals surface area contributed by atoms with Gasteiger partial charge in [0.05, 0.1) is 5.69 Å². The molecule has 0 bridgehead atoms. The number of nitrogen functional groups attached to an aromatic ring is 1. The first-order valence-corrected chi connectivity index (χ1v) is 6.25. The molecule has 5 nitrogen and oxygen atoms in total. The molecule has 0 unspecified atom stereocenters. The van der Waals surface area contributed by atoms with Gasteiger partial charge in [-0.25, -0.2) is 9.78 Å². The number of pyridine rings is 1. The largest absolute Gasteiger partial charge is 0.477 e. The van der Waals surface area contributed by atoms with Crippen LogP contribution in [-0.2, 0) is 0 Å². The van der Waals surface area contributed by atoms with Crippen molar-refractivity contribution in [2.24, 2.45) is 5.92 Å². The summed E-state index contributed by atoms with van der Waals surface area (Å²) in [5.41, 5.74) is 6.53. The van der Waals surface area contributed by atoms with Gasteiger partial charge in [0, 0.05) is 12.6 Å². The van der Waals surface area contributed by atoms with Crippen LogP contribution in [-0.4, -0.2) is 28.6 Å². The lowest BCUT2D eigenvalue weighted by atomic mass is 10.2. The van der Waals surface area contributed by atoms with Crippen LogP contribution in [0.3, 0.4) is 0 Å². The second-order valence-electron chi connectivity index (χ2n) is 5.19. The van der Waals surface area contributed by atoms with Crippen LogP contribution in [0.2, 0.25) is 0 Å². The SMILES string of the molecule is CC(C)CN(c1nc(C(=O)O)ccc1N)C1CC1. The number of aromatic carboxylic acids is 1. The van der Waals surface area contributed by atoms with Crippen molar-refractivity contribution in [3.05, 3.63) is 17.8 Å². The number of nitrogens with two attached hydrogens (primary N) is 1. The fraction of sp³-hybridized carbons (Fsp3) is 0.538. The van der Waals surface area contributed by atoms with Crippen molar-refractivity contribution in [1.29, 1.82) is 0 Å². The molecule has 0 amide bonds. The van der Waals surface area contributed by atoms with E-state index in [2.05, 4.69) is 23.7 Å². The maximum absolute atomic E-state index is 11.0. The van der Waals surface area contributed by atoms with Crippen LogP contribution < -0.4 is 10.6 Å². The molecule has 0 saturated heterocycles. The van der Waals surface area contributed by atoms with Crippen LogP contribution in [0.15, 0.2) is 12.1 Å². The van der Waals surface area contributed by atoms with Crippen LogP contribution in [0.1, 0.15) is 37.2 Å². The number of hydrogen-bond acceptors (Lipinski definition) is 4. The molecule has 3 N–H and O–H groups in total. The van der Waals surface area contributed by atoms with Gasteiger partial charge < -0.3 is 15.7 Å². The zero-order valence-corrected chi connectivity index (χ0v) is 10.8. The lowest BCUT2D eigenvalue weighted by Gasteiger charge is -2.26. The number of anilines is 2. The Morgan fingerprint density at radius 1 is 1.56 bits per heavy atom. The summed E-state index contributed by atoms with van der Waals surface area (Å²) in [6, 6.07) is 3.54. The Kier molecular flexibility index (Phi) is 3.41. The van der Waals surface area contributed by atoms with Gasteiger partial charge >= 0.3 is 5.97 Å². The van der Waals surface area contributed by atoms with E-state index in [0.717, 1.165) is 19.4 Å². The highest BCUT2D eigenvalue weighted by molar-refractivity contribution is 5.87. The third-order valence-corrected chi connectivity index (χ3v) is 2.95. The molecule has 1 aliphatic rings. The minimum atomic E-state index is -1.02. The fourth-order valence-electron chi connectivity index (χ4n) is 2.00. The Hall–Kier alpha value is -1.78. The number of carboxylic acid groups (broad SMARTS) is 1. The van der Waals surface area contributed by atoms with E-state index in [4.69, 9.17) is 10.8 Å². The Morgan fingerprint density at radius 3 is 2.72 bits per heavy atom. The van der Waals surface area contributed by atoms with Crippen molar-refractivity contribution in [1.82, 2.24) is 4.98 Å². The van der Waals surface area contributed by atoms with E-state index in [0.29, 0.717) is 23.5 Å². The van der Waals surface area contributed by atoms with E-state index in [1.54, 1.807) is 6.07 Å². The van der Waals surface area contributed by atoms with E-state index >= 15 is 0 Å². The van der Waals surface area contributed by atoms with Crippen LogP contribution in [0.5, 0.6) is 0 Å². The average Bonchev–Trinajstić information content (AvgIpc) is 3.10. The summed E-state index contributed by atoms with van der Waals surface area (Å²) >= 11 is 0. The molecule has 1 aromatic heterocycles. The van der Waals surface area contributed by atoms with Crippen molar-refractivity contribution in [2.75, 3.05) is 17.2 Å². The molecular weight excluding hydrogens is 230 g/mol. The topological polar surface area (TPSA) is 79.5 Å². The summed E-state index contributed by atoms with van der Waals surface area (Å²) < 4.78 is 0. The second kappa shape index (κ2) is 4.84. The number of nitrogens with zero attached hydrogens (tertiary/aromatic N) is 2. The van der Waals surface area contributed by atoms with Crippen molar-refractivity contribution in [2.45, 2.75) is 32.7 Å². The van der Waals surface area contributed by atoms with Crippen molar-refractivity contribution in [3.8, 4) is 0 Å². The molecule has 1 fully saturated rings. The molecule has 0 radical (unpaired) electrons. The molecule has 1 saturated carbocycles. The summed E-state index contributed by atoms with van der Waals surface area (Å²) in [6.45, 7) is 5.12. The van der Waals surface area contributed by atoms with E-state index in [-0.39, 0.29) is 5.69 Å². The number of rotatable bonds is 5. The standard InChI is InChI=1S/C13H19N3O2/c1-8(2)7-16(9-3-4-9)12-10(14)5-6-11(15-12)13(17)18/h5-6,8-9H,3-4,7,14H2,1-2H3,(H,17,18). The van der Waals surface area contributed by atoms with Gasteiger partial charge in [-0.3, -0.25) is 0 Å². The normalized spacial score (nSPS) is 14.8. The fourth-order valence-corrected chi connectivity index (χ4v) is 2.00. The highest BCUT2D eigenvalue weighted by Crippen LogP contribution is 2.34. The van der Waals surface area contributed by atoms with E-state index in [1.807, 2.05) is 0 Å². The van der Waals surface area contributed by atoms with Crippen molar-refractivity contribution in [3.63, 3.8) is 0 Å². The molecule has 2 rings (SSSR count). The third-order valence-electron chi connectivity index (χ3n) is 2.95. The lowest BCUT2D eigenvalue weighted by Crippen LogP contribution is -2.31. The van der Waals surface area contributed by atoms with Gasteiger partial charge in [-0.15, -0.1) is 0 Å². The number of carbonyl (C=O) groups is 1. The van der Waals surface area contributed by atoms with Crippen LogP contribution in [0.4, 0.5) is 11.5 Å². The Morgan fingerprint density at radius 2 is 2.22 bits per heavy atom. The molecule has 18 heavy (non-hydrogen) atoms. The minimum absolute atomic E-state index is 0.0496. The minimum Gasteiger partial charge on any atom is -0.477 e. The van der Waals surface area contributed by atoms with E-state index < -0.39 is 5.97 Å². The summed E-state index contributed by atoms with van der Waals surface area (Å²) in [7, 11) is 0. The molecule has 0 aliphatic heterocycles. The first-order valence-electron chi connectivity index (χ1n) is 6.25. The van der Waals surface area contributed by atoms with Crippen LogP contribution in [0.25, 0.3) is 0 Å². The molecule has 0 aromatic carbocycles. The Labute approximate surface area is 107 Å². The lowest BCUT2D eigenvalue weighted by molar-refractivity contribution is 0.0690. The summed E-state index contributed by atoms with van der Waals surface area (Å²) in [4.78, 5) is 17.3.